The fourth-order valence-electron chi connectivity index (χ4n) is 2.58. The molecule has 0 saturated heterocycles. The molecule has 6 heteroatoms. The molecule has 3 N–H and O–H groups in total. The van der Waals surface area contributed by atoms with Crippen molar-refractivity contribution in [2.45, 2.75) is 33.4 Å². The topological polar surface area (TPSA) is 81.2 Å². The van der Waals surface area contributed by atoms with Crippen LogP contribution in [0.2, 0.25) is 0 Å². The summed E-state index contributed by atoms with van der Waals surface area (Å²) in [5, 5.41) is 3.96. The second-order valence-electron chi connectivity index (χ2n) is 6.04. The van der Waals surface area contributed by atoms with Crippen LogP contribution in [0.3, 0.4) is 0 Å². The summed E-state index contributed by atoms with van der Waals surface area (Å²) in [6, 6.07) is 9.82. The van der Waals surface area contributed by atoms with Crippen LogP contribution >= 0.6 is 11.3 Å². The average Bonchev–Trinajstić information content (AvgIpc) is 3.22. The van der Waals surface area contributed by atoms with E-state index in [0.717, 1.165) is 21.1 Å². The largest absolute Gasteiger partial charge is 0.467 e. The summed E-state index contributed by atoms with van der Waals surface area (Å²) in [4.78, 5) is 18.1. The molecule has 0 aliphatic rings. The number of hydrogen-bond donors (Lipinski definition) is 2. The van der Waals surface area contributed by atoms with Gasteiger partial charge in [-0.2, -0.15) is 0 Å². The minimum Gasteiger partial charge on any atom is -0.467 e. The van der Waals surface area contributed by atoms with Crippen molar-refractivity contribution >= 4 is 17.2 Å². The van der Waals surface area contributed by atoms with Crippen molar-refractivity contribution in [3.05, 3.63) is 64.1 Å². The number of nitrogens with one attached hydrogen (secondary N) is 1. The number of aryl methyl sites for hydroxylation is 2. The second-order valence-corrected chi connectivity index (χ2v) is 7.07. The minimum absolute atomic E-state index is 0.138. The maximum atomic E-state index is 12.4. The van der Waals surface area contributed by atoms with Gasteiger partial charge >= 0.3 is 0 Å². The Kier molecular flexibility index (Phi) is 5.01. The van der Waals surface area contributed by atoms with Crippen molar-refractivity contribution in [1.29, 1.82) is 0 Å². The van der Waals surface area contributed by atoms with E-state index in [1.54, 1.807) is 17.4 Å². The molecule has 1 unspecified atom stereocenters. The third-order valence-corrected chi connectivity index (χ3v) is 5.38. The lowest BCUT2D eigenvalue weighted by Crippen LogP contribution is -2.26. The van der Waals surface area contributed by atoms with Gasteiger partial charge in [0.15, 0.2) is 0 Å². The molecular formula is C19H21N3O2S. The van der Waals surface area contributed by atoms with Crippen LogP contribution in [0, 0.1) is 13.8 Å². The molecule has 1 aromatic carbocycles. The maximum Gasteiger partial charge on any atom is 0.255 e. The highest BCUT2D eigenvalue weighted by atomic mass is 32.1. The van der Waals surface area contributed by atoms with Gasteiger partial charge < -0.3 is 15.5 Å². The molecule has 0 aliphatic carbocycles. The molecule has 0 saturated carbocycles. The van der Waals surface area contributed by atoms with E-state index in [9.17, 15) is 4.79 Å². The molecule has 3 aromatic rings. The minimum atomic E-state index is -0.180. The zero-order chi connectivity index (χ0) is 18.0. The highest BCUT2D eigenvalue weighted by molar-refractivity contribution is 7.15. The number of amides is 1. The molecule has 5 nitrogen and oxygen atoms in total. The summed E-state index contributed by atoms with van der Waals surface area (Å²) in [7, 11) is 0. The van der Waals surface area contributed by atoms with Gasteiger partial charge in [0.1, 0.15) is 17.0 Å². The number of hydrogen-bond acceptors (Lipinski definition) is 5. The van der Waals surface area contributed by atoms with Gasteiger partial charge in [-0.15, -0.1) is 11.3 Å². The second kappa shape index (κ2) is 7.21. The third-order valence-electron chi connectivity index (χ3n) is 3.99. The van der Waals surface area contributed by atoms with E-state index in [1.165, 1.54) is 11.8 Å². The molecule has 1 atom stereocenters. The predicted octanol–water partition coefficient (Wildman–Crippen LogP) is 3.97. The molecule has 0 radical (unpaired) electrons. The van der Waals surface area contributed by atoms with E-state index < -0.39 is 0 Å². The lowest BCUT2D eigenvalue weighted by Gasteiger charge is -2.11. The van der Waals surface area contributed by atoms with Crippen molar-refractivity contribution < 1.29 is 9.21 Å². The first-order valence-corrected chi connectivity index (χ1v) is 8.92. The fraction of sp³-hybridized carbons (Fsp3) is 0.263. The summed E-state index contributed by atoms with van der Waals surface area (Å²) in [6.45, 7) is 6.26. The Balaban J connectivity index is 1.77. The Labute approximate surface area is 150 Å². The van der Waals surface area contributed by atoms with Crippen LogP contribution in [-0.2, 0) is 6.54 Å². The standard InChI is InChI=1S/C19H21N3O2S/c1-11-4-6-14(7-5-11)19-22-13(3)17(25-19)12(2)21-18(23)15-8-16(9-20)24-10-15/h4-8,10,12H,9,20H2,1-3H3,(H,21,23). The number of nitrogens with zero attached hydrogens (tertiary/aromatic N) is 1. The first-order valence-electron chi connectivity index (χ1n) is 8.10. The molecular weight excluding hydrogens is 334 g/mol. The van der Waals surface area contributed by atoms with Gasteiger partial charge in [0.05, 0.1) is 28.7 Å². The Morgan fingerprint density at radius 2 is 2.04 bits per heavy atom. The quantitative estimate of drug-likeness (QED) is 0.725. The molecule has 2 aromatic heterocycles. The van der Waals surface area contributed by atoms with Gasteiger partial charge in [-0.25, -0.2) is 4.98 Å². The summed E-state index contributed by atoms with van der Waals surface area (Å²) in [6.07, 6.45) is 1.43. The molecule has 0 spiro atoms. The monoisotopic (exact) mass is 355 g/mol. The van der Waals surface area contributed by atoms with Gasteiger partial charge in [0, 0.05) is 5.56 Å². The smallest absolute Gasteiger partial charge is 0.255 e. The van der Waals surface area contributed by atoms with Gasteiger partial charge in [0.25, 0.3) is 5.91 Å². The number of furan rings is 1. The molecule has 2 heterocycles. The van der Waals surface area contributed by atoms with Crippen molar-refractivity contribution in [2.75, 3.05) is 0 Å². The van der Waals surface area contributed by atoms with E-state index in [0.29, 0.717) is 11.3 Å². The predicted molar refractivity (Wildman–Crippen MR) is 99.5 cm³/mol. The summed E-state index contributed by atoms with van der Waals surface area (Å²) >= 11 is 1.60. The number of benzene rings is 1. The first-order chi connectivity index (χ1) is 12.0. The zero-order valence-corrected chi connectivity index (χ0v) is 15.3. The molecule has 3 rings (SSSR count). The van der Waals surface area contributed by atoms with Crippen LogP contribution in [0.4, 0.5) is 0 Å². The van der Waals surface area contributed by atoms with Crippen LogP contribution in [0.15, 0.2) is 41.0 Å². The SMILES string of the molecule is Cc1ccc(-c2nc(C)c(C(C)NC(=O)c3coc(CN)c3)s2)cc1. The Morgan fingerprint density at radius 3 is 2.68 bits per heavy atom. The van der Waals surface area contributed by atoms with Crippen molar-refractivity contribution in [3.8, 4) is 10.6 Å². The van der Waals surface area contributed by atoms with Gasteiger partial charge in [-0.3, -0.25) is 4.79 Å². The van der Waals surface area contributed by atoms with Crippen molar-refractivity contribution in [1.82, 2.24) is 10.3 Å². The summed E-state index contributed by atoms with van der Waals surface area (Å²) in [5.74, 6) is 0.411. The third kappa shape index (κ3) is 3.81. The number of carbonyl (C=O) groups is 1. The molecule has 0 bridgehead atoms. The Morgan fingerprint density at radius 1 is 1.32 bits per heavy atom. The summed E-state index contributed by atoms with van der Waals surface area (Å²) in [5.41, 5.74) is 9.23. The van der Waals surface area contributed by atoms with Crippen molar-refractivity contribution in [3.63, 3.8) is 0 Å². The number of thiazole rings is 1. The van der Waals surface area contributed by atoms with Crippen LogP contribution in [0.25, 0.3) is 10.6 Å². The molecule has 0 aliphatic heterocycles. The highest BCUT2D eigenvalue weighted by Gasteiger charge is 2.19. The van der Waals surface area contributed by atoms with E-state index in [-0.39, 0.29) is 18.5 Å². The van der Waals surface area contributed by atoms with E-state index in [2.05, 4.69) is 41.5 Å². The van der Waals surface area contributed by atoms with Crippen LogP contribution in [0.1, 0.15) is 45.2 Å². The lowest BCUT2D eigenvalue weighted by molar-refractivity contribution is 0.0940. The Hall–Kier alpha value is -2.44. The number of carbonyl (C=O) groups excluding carboxylic acids is 1. The highest BCUT2D eigenvalue weighted by Crippen LogP contribution is 2.32. The zero-order valence-electron chi connectivity index (χ0n) is 14.5. The molecule has 0 fully saturated rings. The first kappa shape index (κ1) is 17.4. The lowest BCUT2D eigenvalue weighted by atomic mass is 10.2. The average molecular weight is 355 g/mol. The number of nitrogens with two attached hydrogens (primary N) is 1. The summed E-state index contributed by atoms with van der Waals surface area (Å²) < 4.78 is 5.22. The van der Waals surface area contributed by atoms with Gasteiger partial charge in [-0.1, -0.05) is 29.8 Å². The van der Waals surface area contributed by atoms with Crippen molar-refractivity contribution in [2.24, 2.45) is 5.73 Å². The van der Waals surface area contributed by atoms with Crippen LogP contribution in [0.5, 0.6) is 0 Å². The van der Waals surface area contributed by atoms with E-state index >= 15 is 0 Å². The Bertz CT molecular complexity index is 880. The van der Waals surface area contributed by atoms with Crippen LogP contribution < -0.4 is 11.1 Å². The molecule has 130 valence electrons. The molecule has 1 amide bonds. The number of aromatic nitrogens is 1. The van der Waals surface area contributed by atoms with E-state index in [1.807, 2.05) is 13.8 Å². The maximum absolute atomic E-state index is 12.4. The van der Waals surface area contributed by atoms with Gasteiger partial charge in [-0.05, 0) is 26.8 Å². The number of rotatable bonds is 5. The fourth-order valence-corrected chi connectivity index (χ4v) is 3.66. The van der Waals surface area contributed by atoms with Crippen LogP contribution in [-0.4, -0.2) is 10.9 Å². The normalized spacial score (nSPS) is 12.2. The van der Waals surface area contributed by atoms with E-state index in [4.69, 9.17) is 10.2 Å². The van der Waals surface area contributed by atoms with Gasteiger partial charge in [0.2, 0.25) is 0 Å². The molecule has 25 heavy (non-hydrogen) atoms.